The van der Waals surface area contributed by atoms with Crippen molar-refractivity contribution in [3.8, 4) is 6.07 Å². The summed E-state index contributed by atoms with van der Waals surface area (Å²) < 4.78 is 1.60. The number of carbonyl (C=O) groups excluding carboxylic acids is 1. The lowest BCUT2D eigenvalue weighted by molar-refractivity contribution is -0.113. The van der Waals surface area contributed by atoms with Gasteiger partial charge >= 0.3 is 0 Å². The van der Waals surface area contributed by atoms with Crippen molar-refractivity contribution in [2.75, 3.05) is 11.1 Å². The molecule has 0 radical (unpaired) electrons. The lowest BCUT2D eigenvalue weighted by Gasteiger charge is -2.08. The van der Waals surface area contributed by atoms with Crippen LogP contribution >= 0.6 is 11.8 Å². The Morgan fingerprint density at radius 2 is 2.00 bits per heavy atom. The molecule has 2 aromatic rings. The monoisotopic (exact) mass is 341 g/mol. The van der Waals surface area contributed by atoms with Crippen molar-refractivity contribution in [3.63, 3.8) is 0 Å². The first kappa shape index (κ1) is 17.8. The highest BCUT2D eigenvalue weighted by Crippen LogP contribution is 2.14. The first-order valence-corrected chi connectivity index (χ1v) is 8.85. The summed E-state index contributed by atoms with van der Waals surface area (Å²) in [5, 5.41) is 11.6. The number of aryl methyl sites for hydroxylation is 1. The summed E-state index contributed by atoms with van der Waals surface area (Å²) in [6.07, 6.45) is 2.53. The summed E-state index contributed by atoms with van der Waals surface area (Å²) in [6.45, 7) is 2.63. The van der Waals surface area contributed by atoms with Gasteiger partial charge in [0.1, 0.15) is 0 Å². The summed E-state index contributed by atoms with van der Waals surface area (Å²) in [5.74, 6) is 0.928. The molecule has 5 nitrogen and oxygen atoms in total. The molecule has 0 saturated carbocycles. The zero-order chi connectivity index (χ0) is 17.4. The van der Waals surface area contributed by atoms with E-state index in [2.05, 4.69) is 11.4 Å². The van der Waals surface area contributed by atoms with Crippen molar-refractivity contribution in [1.82, 2.24) is 4.57 Å². The predicted octanol–water partition coefficient (Wildman–Crippen LogP) is 3.00. The standard InChI is InChI=1S/C18H19N3O2S/c1-2-9-21-11-16(7-8-18(21)23)20-17(22)13-24-12-15-5-3-14(10-19)4-6-15/h3-8,11H,2,9,12-13H2,1H3,(H,20,22). The Hall–Kier alpha value is -2.52. The normalized spacial score (nSPS) is 10.2. The van der Waals surface area contributed by atoms with Crippen molar-refractivity contribution in [3.05, 3.63) is 64.1 Å². The van der Waals surface area contributed by atoms with Gasteiger partial charge in [0.25, 0.3) is 5.56 Å². The molecule has 6 heteroatoms. The topological polar surface area (TPSA) is 74.9 Å². The third-order valence-corrected chi connectivity index (χ3v) is 4.32. The van der Waals surface area contributed by atoms with Crippen LogP contribution in [-0.2, 0) is 17.1 Å². The van der Waals surface area contributed by atoms with Crippen LogP contribution in [0.15, 0.2) is 47.4 Å². The van der Waals surface area contributed by atoms with Crippen LogP contribution < -0.4 is 10.9 Å². The second-order valence-electron chi connectivity index (χ2n) is 5.30. The van der Waals surface area contributed by atoms with Crippen molar-refractivity contribution < 1.29 is 4.79 Å². The molecule has 0 spiro atoms. The Kier molecular flexibility index (Phi) is 6.64. The van der Waals surface area contributed by atoms with E-state index in [1.165, 1.54) is 17.8 Å². The van der Waals surface area contributed by atoms with Crippen LogP contribution in [0, 0.1) is 11.3 Å². The molecular formula is C18H19N3O2S. The van der Waals surface area contributed by atoms with Gasteiger partial charge in [0, 0.05) is 24.6 Å². The van der Waals surface area contributed by atoms with Crippen LogP contribution in [0.5, 0.6) is 0 Å². The summed E-state index contributed by atoms with van der Waals surface area (Å²) in [7, 11) is 0. The van der Waals surface area contributed by atoms with Gasteiger partial charge in [-0.15, -0.1) is 11.8 Å². The predicted molar refractivity (Wildman–Crippen MR) is 96.9 cm³/mol. The van der Waals surface area contributed by atoms with Crippen LogP contribution in [0.3, 0.4) is 0 Å². The minimum absolute atomic E-state index is 0.0648. The number of aromatic nitrogens is 1. The van der Waals surface area contributed by atoms with E-state index < -0.39 is 0 Å². The first-order chi connectivity index (χ1) is 11.6. The Balaban J connectivity index is 1.83. The van der Waals surface area contributed by atoms with E-state index in [0.717, 1.165) is 12.0 Å². The maximum absolute atomic E-state index is 12.0. The molecule has 1 heterocycles. The molecular weight excluding hydrogens is 322 g/mol. The number of benzene rings is 1. The fraction of sp³-hybridized carbons (Fsp3) is 0.278. The minimum Gasteiger partial charge on any atom is -0.324 e. The van der Waals surface area contributed by atoms with Crippen LogP contribution in [-0.4, -0.2) is 16.2 Å². The summed E-state index contributed by atoms with van der Waals surface area (Å²) in [4.78, 5) is 23.6. The molecule has 0 aliphatic heterocycles. The second-order valence-corrected chi connectivity index (χ2v) is 6.28. The fourth-order valence-corrected chi connectivity index (χ4v) is 2.94. The molecule has 124 valence electrons. The Labute approximate surface area is 145 Å². The molecule has 1 N–H and O–H groups in total. The molecule has 0 bridgehead atoms. The van der Waals surface area contributed by atoms with E-state index in [1.807, 2.05) is 19.1 Å². The maximum atomic E-state index is 12.0. The summed E-state index contributed by atoms with van der Waals surface area (Å²) in [6, 6.07) is 12.5. The number of nitrogens with zero attached hydrogens (tertiary/aromatic N) is 2. The number of hydrogen-bond acceptors (Lipinski definition) is 4. The number of nitriles is 1. The Morgan fingerprint density at radius 1 is 1.25 bits per heavy atom. The van der Waals surface area contributed by atoms with Crippen LogP contribution in [0.1, 0.15) is 24.5 Å². The third-order valence-electron chi connectivity index (χ3n) is 3.32. The van der Waals surface area contributed by atoms with Gasteiger partial charge in [-0.2, -0.15) is 5.26 Å². The number of thioether (sulfide) groups is 1. The number of nitrogens with one attached hydrogen (secondary N) is 1. The zero-order valence-corrected chi connectivity index (χ0v) is 14.3. The molecule has 0 saturated heterocycles. The molecule has 1 amide bonds. The molecule has 24 heavy (non-hydrogen) atoms. The van der Waals surface area contributed by atoms with Crippen LogP contribution in [0.25, 0.3) is 0 Å². The van der Waals surface area contributed by atoms with Gasteiger partial charge in [0.15, 0.2) is 0 Å². The average Bonchev–Trinajstić information content (AvgIpc) is 2.59. The molecule has 0 fully saturated rings. The molecule has 1 aromatic heterocycles. The van der Waals surface area contributed by atoms with Crippen molar-refractivity contribution >= 4 is 23.4 Å². The SMILES string of the molecule is CCCn1cc(NC(=O)CSCc2ccc(C#N)cc2)ccc1=O. The van der Waals surface area contributed by atoms with E-state index in [1.54, 1.807) is 29.0 Å². The molecule has 0 unspecified atom stereocenters. The summed E-state index contributed by atoms with van der Waals surface area (Å²) in [5.41, 5.74) is 2.27. The van der Waals surface area contributed by atoms with E-state index in [4.69, 9.17) is 5.26 Å². The first-order valence-electron chi connectivity index (χ1n) is 7.69. The van der Waals surface area contributed by atoms with Gasteiger partial charge in [-0.1, -0.05) is 19.1 Å². The van der Waals surface area contributed by atoms with Crippen molar-refractivity contribution in [1.29, 1.82) is 5.26 Å². The minimum atomic E-state index is -0.102. The molecule has 0 aliphatic rings. The van der Waals surface area contributed by atoms with Crippen LogP contribution in [0.2, 0.25) is 0 Å². The van der Waals surface area contributed by atoms with Gasteiger partial charge in [0.05, 0.1) is 23.1 Å². The number of rotatable bonds is 7. The third kappa shape index (κ3) is 5.28. The largest absolute Gasteiger partial charge is 0.324 e. The van der Waals surface area contributed by atoms with Gasteiger partial charge in [-0.05, 0) is 30.2 Å². The summed E-state index contributed by atoms with van der Waals surface area (Å²) >= 11 is 1.50. The van der Waals surface area contributed by atoms with E-state index in [0.29, 0.717) is 29.3 Å². The maximum Gasteiger partial charge on any atom is 0.250 e. The van der Waals surface area contributed by atoms with E-state index in [9.17, 15) is 9.59 Å². The Morgan fingerprint density at radius 3 is 2.67 bits per heavy atom. The molecule has 0 atom stereocenters. The van der Waals surface area contributed by atoms with E-state index in [-0.39, 0.29) is 11.5 Å². The molecule has 2 rings (SSSR count). The lowest BCUT2D eigenvalue weighted by Crippen LogP contribution is -2.21. The zero-order valence-electron chi connectivity index (χ0n) is 13.5. The lowest BCUT2D eigenvalue weighted by atomic mass is 10.2. The highest BCUT2D eigenvalue weighted by Gasteiger charge is 2.05. The van der Waals surface area contributed by atoms with Gasteiger partial charge < -0.3 is 9.88 Å². The van der Waals surface area contributed by atoms with Gasteiger partial charge in [0.2, 0.25) is 5.91 Å². The van der Waals surface area contributed by atoms with Gasteiger partial charge in [-0.3, -0.25) is 9.59 Å². The number of anilines is 1. The van der Waals surface area contributed by atoms with E-state index >= 15 is 0 Å². The molecule has 0 aliphatic carbocycles. The highest BCUT2D eigenvalue weighted by atomic mass is 32.2. The number of carbonyl (C=O) groups is 1. The number of hydrogen-bond donors (Lipinski definition) is 1. The quantitative estimate of drug-likeness (QED) is 0.840. The second kappa shape index (κ2) is 8.94. The van der Waals surface area contributed by atoms with Crippen molar-refractivity contribution in [2.24, 2.45) is 0 Å². The van der Waals surface area contributed by atoms with Gasteiger partial charge in [-0.25, -0.2) is 0 Å². The molecule has 1 aromatic carbocycles. The number of pyridine rings is 1. The Bertz CT molecular complexity index is 791. The highest BCUT2D eigenvalue weighted by molar-refractivity contribution is 7.99. The van der Waals surface area contributed by atoms with Crippen LogP contribution in [0.4, 0.5) is 5.69 Å². The van der Waals surface area contributed by atoms with Crippen molar-refractivity contribution in [2.45, 2.75) is 25.6 Å². The average molecular weight is 341 g/mol. The fourth-order valence-electron chi connectivity index (χ4n) is 2.16. The number of amides is 1. The smallest absolute Gasteiger partial charge is 0.250 e.